The number of aryl methyl sites for hydroxylation is 2. The summed E-state index contributed by atoms with van der Waals surface area (Å²) in [6.07, 6.45) is 0.614. The van der Waals surface area contributed by atoms with Crippen molar-refractivity contribution in [3.05, 3.63) is 82.9 Å². The van der Waals surface area contributed by atoms with Crippen LogP contribution in [0.5, 0.6) is 11.5 Å². The first-order valence-electron chi connectivity index (χ1n) is 13.2. The number of nitrogens with zero attached hydrogens (tertiary/aromatic N) is 3. The molecule has 0 atom stereocenters. The highest BCUT2D eigenvalue weighted by molar-refractivity contribution is 6.11. The molecule has 1 amide bonds. The second-order valence-electron chi connectivity index (χ2n) is 9.48. The summed E-state index contributed by atoms with van der Waals surface area (Å²) in [6.45, 7) is 9.46. The first-order chi connectivity index (χ1) is 18.9. The van der Waals surface area contributed by atoms with E-state index in [4.69, 9.17) is 25.2 Å². The van der Waals surface area contributed by atoms with Crippen molar-refractivity contribution in [2.75, 3.05) is 25.5 Å². The lowest BCUT2D eigenvalue weighted by Gasteiger charge is -2.13. The summed E-state index contributed by atoms with van der Waals surface area (Å²) in [7, 11) is 0. The van der Waals surface area contributed by atoms with Crippen molar-refractivity contribution in [2.45, 2.75) is 34.1 Å². The van der Waals surface area contributed by atoms with E-state index in [1.54, 1.807) is 0 Å². The van der Waals surface area contributed by atoms with Crippen molar-refractivity contribution >= 4 is 33.9 Å². The fourth-order valence-electron chi connectivity index (χ4n) is 4.89. The van der Waals surface area contributed by atoms with Crippen LogP contribution in [0, 0.1) is 13.8 Å². The molecule has 0 saturated carbocycles. The maximum Gasteiger partial charge on any atom is 0.257 e. The van der Waals surface area contributed by atoms with E-state index in [0.717, 1.165) is 27.9 Å². The number of hydrogen-bond acceptors (Lipinski definition) is 6. The van der Waals surface area contributed by atoms with Gasteiger partial charge in [-0.2, -0.15) is 0 Å². The van der Waals surface area contributed by atoms with Gasteiger partial charge in [-0.05, 0) is 87.2 Å². The third kappa shape index (κ3) is 5.23. The average Bonchev–Trinajstić information content (AvgIpc) is 3.19. The van der Waals surface area contributed by atoms with Gasteiger partial charge in [0.2, 0.25) is 0 Å². The van der Waals surface area contributed by atoms with Crippen molar-refractivity contribution in [2.24, 2.45) is 0 Å². The Morgan fingerprint density at radius 1 is 0.897 bits per heavy atom. The van der Waals surface area contributed by atoms with Crippen LogP contribution >= 0.6 is 0 Å². The molecule has 0 saturated heterocycles. The van der Waals surface area contributed by atoms with E-state index in [9.17, 15) is 4.79 Å². The van der Waals surface area contributed by atoms with E-state index in [1.165, 1.54) is 0 Å². The van der Waals surface area contributed by atoms with Gasteiger partial charge in [-0.15, -0.1) is 0 Å². The van der Waals surface area contributed by atoms with Crippen molar-refractivity contribution in [3.63, 3.8) is 0 Å². The molecular weight excluding hydrogens is 490 g/mol. The number of fused-ring (bicyclic) bond motifs is 2. The number of nitrogens with one attached hydrogen (secondary N) is 1. The summed E-state index contributed by atoms with van der Waals surface area (Å²) in [5, 5.41) is 3.04. The number of carbonyl (C=O) groups excluding carboxylic acids is 1. The summed E-state index contributed by atoms with van der Waals surface area (Å²) in [5.41, 5.74) is 13.5. The molecule has 3 N–H and O–H groups in total. The molecule has 200 valence electrons. The maximum absolute atomic E-state index is 13.6. The van der Waals surface area contributed by atoms with Gasteiger partial charge in [-0.25, -0.2) is 9.97 Å². The molecule has 8 nitrogen and oxygen atoms in total. The van der Waals surface area contributed by atoms with Crippen LogP contribution < -0.4 is 20.5 Å². The Morgan fingerprint density at radius 2 is 1.56 bits per heavy atom. The topological polar surface area (TPSA) is 104 Å². The van der Waals surface area contributed by atoms with Gasteiger partial charge in [0, 0.05) is 12.2 Å². The SMILES string of the molecule is CCOc1ccc(CCNC(=O)c2c(N)n(-c3cc(C)cc(C)c3)c3nc4ccccc4nc23)cc1OCC. The number of nitrogen functional groups attached to an aromatic ring is 1. The molecule has 2 aromatic heterocycles. The fourth-order valence-corrected chi connectivity index (χ4v) is 4.89. The van der Waals surface area contributed by atoms with Crippen molar-refractivity contribution in [1.82, 2.24) is 19.9 Å². The lowest BCUT2D eigenvalue weighted by Crippen LogP contribution is -2.26. The third-order valence-electron chi connectivity index (χ3n) is 6.50. The van der Waals surface area contributed by atoms with Crippen molar-refractivity contribution in [1.29, 1.82) is 0 Å². The zero-order valence-corrected chi connectivity index (χ0v) is 22.7. The Morgan fingerprint density at radius 3 is 2.26 bits per heavy atom. The Hall–Kier alpha value is -4.59. The molecule has 0 aliphatic heterocycles. The number of para-hydroxylation sites is 2. The predicted molar refractivity (Wildman–Crippen MR) is 155 cm³/mol. The molecule has 0 unspecified atom stereocenters. The maximum atomic E-state index is 13.6. The Labute approximate surface area is 227 Å². The van der Waals surface area contributed by atoms with E-state index < -0.39 is 0 Å². The third-order valence-corrected chi connectivity index (χ3v) is 6.50. The van der Waals surface area contributed by atoms with Gasteiger partial charge in [0.1, 0.15) is 16.9 Å². The number of carbonyl (C=O) groups is 1. The second-order valence-corrected chi connectivity index (χ2v) is 9.48. The highest BCUT2D eigenvalue weighted by Crippen LogP contribution is 2.32. The molecule has 0 aliphatic carbocycles. The zero-order chi connectivity index (χ0) is 27.5. The summed E-state index contributed by atoms with van der Waals surface area (Å²) >= 11 is 0. The Kier molecular flexibility index (Phi) is 7.36. The molecule has 0 radical (unpaired) electrons. The van der Waals surface area contributed by atoms with Gasteiger partial charge in [0.05, 0.1) is 24.2 Å². The number of amides is 1. The molecule has 5 aromatic rings. The second kappa shape index (κ2) is 11.0. The molecule has 39 heavy (non-hydrogen) atoms. The zero-order valence-electron chi connectivity index (χ0n) is 22.7. The molecule has 0 aliphatic rings. The number of aromatic nitrogens is 3. The molecular formula is C31H33N5O3. The summed E-state index contributed by atoms with van der Waals surface area (Å²) < 4.78 is 13.2. The van der Waals surface area contributed by atoms with Gasteiger partial charge < -0.3 is 20.5 Å². The fraction of sp³-hybridized carbons (Fsp3) is 0.258. The number of benzene rings is 3. The Balaban J connectivity index is 1.48. The predicted octanol–water partition coefficient (Wildman–Crippen LogP) is 5.54. The van der Waals surface area contributed by atoms with Crippen LogP contribution in [-0.2, 0) is 6.42 Å². The van der Waals surface area contributed by atoms with E-state index in [2.05, 4.69) is 11.4 Å². The standard InChI is InChI=1S/C31H33N5O3/c1-5-38-25-12-11-21(18-26(25)39-6-2)13-14-33-31(37)27-28-30(35-24-10-8-7-9-23(24)34-28)36(29(27)32)22-16-19(3)15-20(4)17-22/h7-12,15-18H,5-6,13-14,32H2,1-4H3,(H,33,37). The lowest BCUT2D eigenvalue weighted by molar-refractivity contribution is 0.0956. The van der Waals surface area contributed by atoms with Crippen molar-refractivity contribution < 1.29 is 14.3 Å². The molecule has 5 rings (SSSR count). The van der Waals surface area contributed by atoms with E-state index in [1.807, 2.05) is 86.9 Å². The van der Waals surface area contributed by atoms with Crippen LogP contribution in [0.3, 0.4) is 0 Å². The quantitative estimate of drug-likeness (QED) is 0.263. The largest absolute Gasteiger partial charge is 0.490 e. The summed E-state index contributed by atoms with van der Waals surface area (Å²) in [6, 6.07) is 19.6. The van der Waals surface area contributed by atoms with Gasteiger partial charge in [-0.1, -0.05) is 24.3 Å². The molecule has 0 spiro atoms. The highest BCUT2D eigenvalue weighted by Gasteiger charge is 2.25. The first-order valence-corrected chi connectivity index (χ1v) is 13.2. The molecule has 2 heterocycles. The van der Waals surface area contributed by atoms with Crippen LogP contribution in [0.1, 0.15) is 40.9 Å². The van der Waals surface area contributed by atoms with Crippen LogP contribution in [0.15, 0.2) is 60.7 Å². The van der Waals surface area contributed by atoms with Crippen LogP contribution in [-0.4, -0.2) is 40.2 Å². The van der Waals surface area contributed by atoms with Crippen molar-refractivity contribution in [3.8, 4) is 17.2 Å². The van der Waals surface area contributed by atoms with Gasteiger partial charge >= 0.3 is 0 Å². The molecule has 0 fully saturated rings. The van der Waals surface area contributed by atoms with E-state index in [-0.39, 0.29) is 5.91 Å². The smallest absolute Gasteiger partial charge is 0.257 e. The number of ether oxygens (including phenoxy) is 2. The summed E-state index contributed by atoms with van der Waals surface area (Å²) in [4.78, 5) is 23.3. The molecule has 3 aromatic carbocycles. The van der Waals surface area contributed by atoms with Crippen LogP contribution in [0.25, 0.3) is 27.9 Å². The van der Waals surface area contributed by atoms with Crippen LogP contribution in [0.2, 0.25) is 0 Å². The monoisotopic (exact) mass is 523 g/mol. The highest BCUT2D eigenvalue weighted by atomic mass is 16.5. The molecule has 8 heteroatoms. The average molecular weight is 524 g/mol. The van der Waals surface area contributed by atoms with Gasteiger partial charge in [0.25, 0.3) is 5.91 Å². The number of rotatable bonds is 9. The summed E-state index contributed by atoms with van der Waals surface area (Å²) in [5.74, 6) is 1.43. The van der Waals surface area contributed by atoms with Gasteiger partial charge in [-0.3, -0.25) is 9.36 Å². The minimum Gasteiger partial charge on any atom is -0.490 e. The first kappa shape index (κ1) is 26.0. The van der Waals surface area contributed by atoms with Gasteiger partial charge in [0.15, 0.2) is 17.1 Å². The number of hydrogen-bond donors (Lipinski definition) is 2. The van der Waals surface area contributed by atoms with E-state index >= 15 is 0 Å². The van der Waals surface area contributed by atoms with E-state index in [0.29, 0.717) is 65.7 Å². The number of nitrogens with two attached hydrogens (primary N) is 1. The minimum absolute atomic E-state index is 0.291. The lowest BCUT2D eigenvalue weighted by atomic mass is 10.1. The molecule has 0 bridgehead atoms. The van der Waals surface area contributed by atoms with Crippen LogP contribution in [0.4, 0.5) is 5.82 Å². The normalized spacial score (nSPS) is 11.2. The number of anilines is 1. The Bertz CT molecular complexity index is 1650. The minimum atomic E-state index is -0.291.